The van der Waals surface area contributed by atoms with Crippen molar-refractivity contribution in [3.63, 3.8) is 0 Å². The van der Waals surface area contributed by atoms with Crippen LogP contribution in [0.25, 0.3) is 0 Å². The van der Waals surface area contributed by atoms with Crippen LogP contribution in [-0.2, 0) is 17.8 Å². The molecule has 5 nitrogen and oxygen atoms in total. The molecule has 5 heteroatoms. The molecular formula is C22H29N3O2. The molecule has 2 aromatic rings. The van der Waals surface area contributed by atoms with Crippen LogP contribution in [0.15, 0.2) is 48.5 Å². The SMILES string of the molecule is CCc1ccccc1NC(=O)CN1CCN(Cc2ccccc2OC)CC1. The van der Waals surface area contributed by atoms with Crippen LogP contribution >= 0.6 is 0 Å². The number of hydrogen-bond donors (Lipinski definition) is 1. The van der Waals surface area contributed by atoms with Gasteiger partial charge in [0.1, 0.15) is 5.75 Å². The molecule has 2 aromatic carbocycles. The number of hydrogen-bond acceptors (Lipinski definition) is 4. The number of para-hydroxylation sites is 2. The first-order valence-electron chi connectivity index (χ1n) is 9.64. The number of ether oxygens (including phenoxy) is 1. The first kappa shape index (κ1) is 19.4. The summed E-state index contributed by atoms with van der Waals surface area (Å²) in [5.74, 6) is 1.00. The molecule has 27 heavy (non-hydrogen) atoms. The van der Waals surface area contributed by atoms with E-state index >= 15 is 0 Å². The van der Waals surface area contributed by atoms with Crippen molar-refractivity contribution in [2.75, 3.05) is 45.2 Å². The molecule has 0 radical (unpaired) electrons. The number of aryl methyl sites for hydroxylation is 1. The van der Waals surface area contributed by atoms with Gasteiger partial charge in [-0.05, 0) is 24.1 Å². The number of anilines is 1. The van der Waals surface area contributed by atoms with E-state index in [9.17, 15) is 4.79 Å². The van der Waals surface area contributed by atoms with Crippen LogP contribution in [0.4, 0.5) is 5.69 Å². The minimum absolute atomic E-state index is 0.0640. The fourth-order valence-corrected chi connectivity index (χ4v) is 3.52. The summed E-state index contributed by atoms with van der Waals surface area (Å²) in [6.45, 7) is 7.14. The second-order valence-electron chi connectivity index (χ2n) is 6.92. The third-order valence-electron chi connectivity index (χ3n) is 5.09. The van der Waals surface area contributed by atoms with E-state index in [0.29, 0.717) is 6.54 Å². The lowest BCUT2D eigenvalue weighted by atomic mass is 10.1. The van der Waals surface area contributed by atoms with E-state index in [-0.39, 0.29) is 5.91 Å². The number of carbonyl (C=O) groups excluding carboxylic acids is 1. The highest BCUT2D eigenvalue weighted by Crippen LogP contribution is 2.20. The van der Waals surface area contributed by atoms with Gasteiger partial charge in [0, 0.05) is 44.0 Å². The molecule has 1 aliphatic rings. The van der Waals surface area contributed by atoms with Crippen LogP contribution in [0.3, 0.4) is 0 Å². The van der Waals surface area contributed by atoms with Crippen LogP contribution in [0.1, 0.15) is 18.1 Å². The molecule has 1 heterocycles. The Hall–Kier alpha value is -2.37. The molecular weight excluding hydrogens is 338 g/mol. The Balaban J connectivity index is 1.47. The topological polar surface area (TPSA) is 44.8 Å². The Morgan fingerprint density at radius 3 is 2.30 bits per heavy atom. The Kier molecular flexibility index (Phi) is 6.85. The first-order valence-corrected chi connectivity index (χ1v) is 9.64. The van der Waals surface area contributed by atoms with Crippen LogP contribution < -0.4 is 10.1 Å². The van der Waals surface area contributed by atoms with Crippen LogP contribution in [0, 0.1) is 0 Å². The lowest BCUT2D eigenvalue weighted by Gasteiger charge is -2.34. The van der Waals surface area contributed by atoms with Crippen LogP contribution in [0.5, 0.6) is 5.75 Å². The molecule has 0 aliphatic carbocycles. The molecule has 0 bridgehead atoms. The van der Waals surface area contributed by atoms with E-state index in [2.05, 4.69) is 34.2 Å². The summed E-state index contributed by atoms with van der Waals surface area (Å²) in [6, 6.07) is 16.2. The third-order valence-corrected chi connectivity index (χ3v) is 5.09. The molecule has 1 amide bonds. The van der Waals surface area contributed by atoms with Gasteiger partial charge in [-0.3, -0.25) is 14.6 Å². The van der Waals surface area contributed by atoms with E-state index in [4.69, 9.17) is 4.74 Å². The summed E-state index contributed by atoms with van der Waals surface area (Å²) in [6.07, 6.45) is 0.915. The zero-order valence-electron chi connectivity index (χ0n) is 16.3. The van der Waals surface area contributed by atoms with Crippen molar-refractivity contribution >= 4 is 11.6 Å². The highest BCUT2D eigenvalue weighted by molar-refractivity contribution is 5.93. The molecule has 1 saturated heterocycles. The molecule has 0 atom stereocenters. The standard InChI is InChI=1S/C22H29N3O2/c1-3-18-8-4-6-10-20(18)23-22(26)17-25-14-12-24(13-15-25)16-19-9-5-7-11-21(19)27-2/h4-11H,3,12-17H2,1-2H3,(H,23,26). The molecule has 0 unspecified atom stereocenters. The Morgan fingerprint density at radius 2 is 1.59 bits per heavy atom. The number of nitrogens with zero attached hydrogens (tertiary/aromatic N) is 2. The predicted octanol–water partition coefficient (Wildman–Crippen LogP) is 3.01. The van der Waals surface area contributed by atoms with Crippen molar-refractivity contribution in [2.24, 2.45) is 0 Å². The number of amides is 1. The van der Waals surface area contributed by atoms with Gasteiger partial charge < -0.3 is 10.1 Å². The average molecular weight is 367 g/mol. The maximum Gasteiger partial charge on any atom is 0.238 e. The fraction of sp³-hybridized carbons (Fsp3) is 0.409. The average Bonchev–Trinajstić information content (AvgIpc) is 2.70. The van der Waals surface area contributed by atoms with Crippen LogP contribution in [0.2, 0.25) is 0 Å². The normalized spacial score (nSPS) is 15.5. The summed E-state index contributed by atoms with van der Waals surface area (Å²) < 4.78 is 5.45. The van der Waals surface area contributed by atoms with Gasteiger partial charge in [0.2, 0.25) is 5.91 Å². The molecule has 0 saturated carbocycles. The van der Waals surface area contributed by atoms with E-state index in [0.717, 1.165) is 50.6 Å². The fourth-order valence-electron chi connectivity index (χ4n) is 3.52. The van der Waals surface area contributed by atoms with Gasteiger partial charge in [-0.15, -0.1) is 0 Å². The van der Waals surface area contributed by atoms with Crippen molar-refractivity contribution in [1.82, 2.24) is 9.80 Å². The van der Waals surface area contributed by atoms with E-state index < -0.39 is 0 Å². The lowest BCUT2D eigenvalue weighted by Crippen LogP contribution is -2.48. The second-order valence-corrected chi connectivity index (χ2v) is 6.92. The Labute approximate surface area is 161 Å². The number of nitrogens with one attached hydrogen (secondary N) is 1. The number of benzene rings is 2. The number of piperazine rings is 1. The maximum absolute atomic E-state index is 12.4. The first-order chi connectivity index (χ1) is 13.2. The van der Waals surface area contributed by atoms with Crippen molar-refractivity contribution in [3.8, 4) is 5.75 Å². The smallest absolute Gasteiger partial charge is 0.238 e. The summed E-state index contributed by atoms with van der Waals surface area (Å²) >= 11 is 0. The molecule has 1 fully saturated rings. The Bertz CT molecular complexity index is 755. The largest absolute Gasteiger partial charge is 0.496 e. The number of rotatable bonds is 7. The molecule has 1 N–H and O–H groups in total. The van der Waals surface area contributed by atoms with Crippen molar-refractivity contribution < 1.29 is 9.53 Å². The molecule has 0 aromatic heterocycles. The monoisotopic (exact) mass is 367 g/mol. The van der Waals surface area contributed by atoms with E-state index in [1.807, 2.05) is 36.4 Å². The summed E-state index contributed by atoms with van der Waals surface area (Å²) in [5.41, 5.74) is 3.31. The number of carbonyl (C=O) groups is 1. The minimum Gasteiger partial charge on any atom is -0.496 e. The van der Waals surface area contributed by atoms with Crippen molar-refractivity contribution in [1.29, 1.82) is 0 Å². The zero-order valence-corrected chi connectivity index (χ0v) is 16.3. The van der Waals surface area contributed by atoms with Gasteiger partial charge in [0.05, 0.1) is 13.7 Å². The van der Waals surface area contributed by atoms with Gasteiger partial charge in [0.15, 0.2) is 0 Å². The Morgan fingerprint density at radius 1 is 0.963 bits per heavy atom. The van der Waals surface area contributed by atoms with Gasteiger partial charge in [0.25, 0.3) is 0 Å². The lowest BCUT2D eigenvalue weighted by molar-refractivity contribution is -0.117. The highest BCUT2D eigenvalue weighted by Gasteiger charge is 2.20. The summed E-state index contributed by atoms with van der Waals surface area (Å²) in [5, 5.41) is 3.06. The van der Waals surface area contributed by atoms with E-state index in [1.165, 1.54) is 11.1 Å². The second kappa shape index (κ2) is 9.53. The van der Waals surface area contributed by atoms with Crippen molar-refractivity contribution in [3.05, 3.63) is 59.7 Å². The van der Waals surface area contributed by atoms with Gasteiger partial charge in [-0.1, -0.05) is 43.3 Å². The summed E-state index contributed by atoms with van der Waals surface area (Å²) in [7, 11) is 1.71. The van der Waals surface area contributed by atoms with Crippen molar-refractivity contribution in [2.45, 2.75) is 19.9 Å². The van der Waals surface area contributed by atoms with Crippen LogP contribution in [-0.4, -0.2) is 55.5 Å². The molecule has 3 rings (SSSR count). The quantitative estimate of drug-likeness (QED) is 0.817. The highest BCUT2D eigenvalue weighted by atomic mass is 16.5. The zero-order chi connectivity index (χ0) is 19.1. The van der Waals surface area contributed by atoms with Gasteiger partial charge in [-0.2, -0.15) is 0 Å². The third kappa shape index (κ3) is 5.31. The maximum atomic E-state index is 12.4. The van der Waals surface area contributed by atoms with Gasteiger partial charge >= 0.3 is 0 Å². The molecule has 144 valence electrons. The number of methoxy groups -OCH3 is 1. The molecule has 1 aliphatic heterocycles. The minimum atomic E-state index is 0.0640. The van der Waals surface area contributed by atoms with E-state index in [1.54, 1.807) is 7.11 Å². The summed E-state index contributed by atoms with van der Waals surface area (Å²) in [4.78, 5) is 17.1. The predicted molar refractivity (Wildman–Crippen MR) is 109 cm³/mol. The van der Waals surface area contributed by atoms with Gasteiger partial charge in [-0.25, -0.2) is 0 Å². The molecule has 0 spiro atoms.